The molecule has 0 unspecified atom stereocenters. The van der Waals surface area contributed by atoms with Crippen molar-refractivity contribution in [3.05, 3.63) is 6.33 Å². The van der Waals surface area contributed by atoms with Crippen molar-refractivity contribution in [2.24, 2.45) is 5.92 Å². The van der Waals surface area contributed by atoms with Gasteiger partial charge in [-0.25, -0.2) is 4.68 Å². The van der Waals surface area contributed by atoms with Crippen LogP contribution in [0.1, 0.15) is 32.6 Å². The van der Waals surface area contributed by atoms with E-state index in [1.165, 1.54) is 11.0 Å². The fraction of sp³-hybridized carbons (Fsp3) is 0.778. The van der Waals surface area contributed by atoms with Crippen molar-refractivity contribution in [3.8, 4) is 0 Å². The van der Waals surface area contributed by atoms with Gasteiger partial charge >= 0.3 is 0 Å². The van der Waals surface area contributed by atoms with Crippen molar-refractivity contribution >= 4 is 18.3 Å². The second-order valence-corrected chi connectivity index (χ2v) is 7.14. The van der Waals surface area contributed by atoms with E-state index in [1.54, 1.807) is 0 Å². The summed E-state index contributed by atoms with van der Waals surface area (Å²) in [6, 6.07) is -0.190. The summed E-state index contributed by atoms with van der Waals surface area (Å²) in [4.78, 5) is 35.5. The molecule has 168 valence electrons. The lowest BCUT2D eigenvalue weighted by atomic mass is 9.82. The topological polar surface area (TPSA) is 149 Å². The van der Waals surface area contributed by atoms with Crippen LogP contribution in [0.5, 0.6) is 0 Å². The predicted molar refractivity (Wildman–Crippen MR) is 103 cm³/mol. The van der Waals surface area contributed by atoms with Gasteiger partial charge in [0.1, 0.15) is 12.9 Å². The summed E-state index contributed by atoms with van der Waals surface area (Å²) in [5, 5.41) is 20.7. The largest absolute Gasteiger partial charge is 0.483 e. The third-order valence-corrected chi connectivity index (χ3v) is 5.04. The first kappa shape index (κ1) is 23.7. The van der Waals surface area contributed by atoms with Gasteiger partial charge in [0.05, 0.1) is 25.4 Å². The minimum absolute atomic E-state index is 0.0477. The predicted octanol–water partition coefficient (Wildman–Crippen LogP) is -0.687. The number of aromatic nitrogens is 4. The van der Waals surface area contributed by atoms with Gasteiger partial charge in [-0.2, -0.15) is 0 Å². The molecule has 12 nitrogen and oxygen atoms in total. The number of carbonyl (C=O) groups is 3. The quantitative estimate of drug-likeness (QED) is 0.540. The van der Waals surface area contributed by atoms with Gasteiger partial charge < -0.3 is 24.8 Å². The first-order chi connectivity index (χ1) is 14.6. The molecule has 1 saturated carbocycles. The number of hydrogen-bond donors (Lipinski definition) is 2. The smallest absolute Gasteiger partial charge is 0.290 e. The summed E-state index contributed by atoms with van der Waals surface area (Å²) < 4.78 is 12.7. The van der Waals surface area contributed by atoms with Gasteiger partial charge in [0.25, 0.3) is 6.47 Å². The molecule has 1 aliphatic heterocycles. The van der Waals surface area contributed by atoms with Gasteiger partial charge in [-0.1, -0.05) is 6.92 Å². The van der Waals surface area contributed by atoms with E-state index >= 15 is 0 Å². The van der Waals surface area contributed by atoms with Gasteiger partial charge in [0, 0.05) is 25.6 Å². The highest BCUT2D eigenvalue weighted by Crippen LogP contribution is 2.29. The molecule has 1 aromatic heterocycles. The molecule has 2 amide bonds. The van der Waals surface area contributed by atoms with E-state index in [1.807, 2.05) is 4.90 Å². The first-order valence-electron chi connectivity index (χ1n) is 10.1. The lowest BCUT2D eigenvalue weighted by Crippen LogP contribution is -2.52. The van der Waals surface area contributed by atoms with Crippen molar-refractivity contribution in [1.29, 1.82) is 0 Å². The fourth-order valence-electron chi connectivity index (χ4n) is 3.68. The lowest BCUT2D eigenvalue weighted by molar-refractivity contribution is -0.143. The monoisotopic (exact) mass is 426 g/mol. The van der Waals surface area contributed by atoms with Crippen LogP contribution < -0.4 is 5.32 Å². The van der Waals surface area contributed by atoms with E-state index in [0.717, 1.165) is 19.3 Å². The summed E-state index contributed by atoms with van der Waals surface area (Å²) >= 11 is 0. The molecule has 12 heteroatoms. The van der Waals surface area contributed by atoms with Gasteiger partial charge in [0.15, 0.2) is 0 Å². The molecule has 2 fully saturated rings. The third kappa shape index (κ3) is 7.34. The SMILES string of the molecule is CCCO[C@@H]1CC[C@H](C(=O)N2CCOCC2)C[C@H]1NC(=O)Cn1cnnn1.O=CO. The van der Waals surface area contributed by atoms with Crippen LogP contribution in [0.15, 0.2) is 6.33 Å². The second-order valence-electron chi connectivity index (χ2n) is 7.14. The average molecular weight is 426 g/mol. The second kappa shape index (κ2) is 12.9. The number of nitrogens with zero attached hydrogens (tertiary/aromatic N) is 5. The number of morpholine rings is 1. The zero-order valence-electron chi connectivity index (χ0n) is 17.2. The molecule has 1 aliphatic carbocycles. The molecule has 2 heterocycles. The van der Waals surface area contributed by atoms with Gasteiger partial charge in [-0.05, 0) is 36.1 Å². The van der Waals surface area contributed by atoms with E-state index < -0.39 is 0 Å². The summed E-state index contributed by atoms with van der Waals surface area (Å²) in [6.45, 7) is 4.96. The molecule has 2 aliphatic rings. The normalized spacial score (nSPS) is 23.8. The molecule has 3 rings (SSSR count). The molecule has 1 saturated heterocycles. The highest BCUT2D eigenvalue weighted by Gasteiger charge is 2.37. The van der Waals surface area contributed by atoms with Crippen molar-refractivity contribution in [2.75, 3.05) is 32.9 Å². The van der Waals surface area contributed by atoms with Crippen molar-refractivity contribution in [2.45, 2.75) is 51.3 Å². The van der Waals surface area contributed by atoms with Crippen LogP contribution in [0.4, 0.5) is 0 Å². The van der Waals surface area contributed by atoms with E-state index in [9.17, 15) is 9.59 Å². The number of amides is 2. The Morgan fingerprint density at radius 2 is 2.07 bits per heavy atom. The fourth-order valence-corrected chi connectivity index (χ4v) is 3.68. The first-order valence-corrected chi connectivity index (χ1v) is 10.1. The van der Waals surface area contributed by atoms with E-state index in [-0.39, 0.29) is 42.9 Å². The van der Waals surface area contributed by atoms with Crippen LogP contribution in [0, 0.1) is 5.92 Å². The molecule has 30 heavy (non-hydrogen) atoms. The Kier molecular flexibility index (Phi) is 10.1. The highest BCUT2D eigenvalue weighted by atomic mass is 16.5. The zero-order valence-corrected chi connectivity index (χ0v) is 17.2. The average Bonchev–Trinajstić information content (AvgIpc) is 3.26. The van der Waals surface area contributed by atoms with Crippen molar-refractivity contribution < 1.29 is 29.0 Å². The number of tetrazole rings is 1. The maximum atomic E-state index is 12.8. The van der Waals surface area contributed by atoms with Crippen molar-refractivity contribution in [1.82, 2.24) is 30.4 Å². The minimum atomic E-state index is -0.250. The number of hydrogen-bond acceptors (Lipinski definition) is 8. The van der Waals surface area contributed by atoms with Crippen molar-refractivity contribution in [3.63, 3.8) is 0 Å². The van der Waals surface area contributed by atoms with E-state index in [0.29, 0.717) is 39.3 Å². The van der Waals surface area contributed by atoms with Crippen LogP contribution in [-0.2, 0) is 30.4 Å². The van der Waals surface area contributed by atoms with E-state index in [4.69, 9.17) is 19.4 Å². The van der Waals surface area contributed by atoms with Crippen LogP contribution in [0.3, 0.4) is 0 Å². The zero-order chi connectivity index (χ0) is 21.8. The maximum absolute atomic E-state index is 12.8. The van der Waals surface area contributed by atoms with Crippen LogP contribution in [0.2, 0.25) is 0 Å². The lowest BCUT2D eigenvalue weighted by Gasteiger charge is -2.38. The van der Waals surface area contributed by atoms with Crippen LogP contribution in [0.25, 0.3) is 0 Å². The molecule has 0 radical (unpaired) electrons. The van der Waals surface area contributed by atoms with Crippen LogP contribution in [-0.4, -0.2) is 93.6 Å². The Hall–Kier alpha value is -2.60. The number of carboxylic acid groups (broad SMARTS) is 1. The molecular formula is C18H30N6O6. The van der Waals surface area contributed by atoms with Crippen LogP contribution >= 0.6 is 0 Å². The Balaban J connectivity index is 0.00000101. The van der Waals surface area contributed by atoms with Gasteiger partial charge in [-0.3, -0.25) is 14.4 Å². The molecule has 2 N–H and O–H groups in total. The molecule has 0 spiro atoms. The summed E-state index contributed by atoms with van der Waals surface area (Å²) in [5.74, 6) is -0.119. The highest BCUT2D eigenvalue weighted by molar-refractivity contribution is 5.79. The molecule has 0 bridgehead atoms. The Morgan fingerprint density at radius 1 is 1.33 bits per heavy atom. The summed E-state index contributed by atoms with van der Waals surface area (Å²) in [6.07, 6.45) is 4.37. The Bertz CT molecular complexity index is 652. The Labute approximate surface area is 174 Å². The number of rotatable bonds is 7. The molecule has 1 aromatic rings. The van der Waals surface area contributed by atoms with E-state index in [2.05, 4.69) is 27.8 Å². The number of nitrogens with one attached hydrogen (secondary N) is 1. The van der Waals surface area contributed by atoms with Gasteiger partial charge in [-0.15, -0.1) is 5.10 Å². The Morgan fingerprint density at radius 3 is 2.70 bits per heavy atom. The number of carbonyl (C=O) groups excluding carboxylic acids is 2. The maximum Gasteiger partial charge on any atom is 0.290 e. The summed E-state index contributed by atoms with van der Waals surface area (Å²) in [5.41, 5.74) is 0. The molecular weight excluding hydrogens is 396 g/mol. The number of ether oxygens (including phenoxy) is 2. The molecule has 3 atom stereocenters. The third-order valence-electron chi connectivity index (χ3n) is 5.04. The minimum Gasteiger partial charge on any atom is -0.483 e. The van der Waals surface area contributed by atoms with Gasteiger partial charge in [0.2, 0.25) is 11.8 Å². The molecule has 0 aromatic carbocycles. The standard InChI is InChI=1S/C17H28N6O4.CH2O2/c1-2-7-27-15-4-3-13(17(25)22-5-8-26-9-6-22)10-14(15)19-16(24)11-23-12-18-20-21-23;2-1-3/h12-15H,2-11H2,1H3,(H,19,24);1H,(H,2,3)/t13-,14+,15+;/m0./s1. The summed E-state index contributed by atoms with van der Waals surface area (Å²) in [7, 11) is 0.